The van der Waals surface area contributed by atoms with Crippen LogP contribution in [0.1, 0.15) is 57.1 Å². The zero-order valence-electron chi connectivity index (χ0n) is 30.2. The fraction of sp³-hybridized carbons (Fsp3) is 0.475. The van der Waals surface area contributed by atoms with Crippen LogP contribution in [0.15, 0.2) is 81.8 Å². The smallest absolute Gasteiger partial charge is 0.299 e. The predicted octanol–water partition coefficient (Wildman–Crippen LogP) is 4.64. The molecule has 3 aromatic heterocycles. The summed E-state index contributed by atoms with van der Waals surface area (Å²) in [6.07, 6.45) is 9.70. The minimum Gasteiger partial charge on any atom is -0.423 e. The number of nitrogens with one attached hydrogen (secondary N) is 3. The summed E-state index contributed by atoms with van der Waals surface area (Å²) in [5, 5.41) is 9.74. The Kier molecular flexibility index (Phi) is 10.8. The van der Waals surface area contributed by atoms with Gasteiger partial charge in [0, 0.05) is 57.5 Å². The number of para-hydroxylation sites is 4. The molecule has 13 heteroatoms. The largest absolute Gasteiger partial charge is 0.423 e. The second kappa shape index (κ2) is 16.3. The molecule has 2 amide bonds. The third kappa shape index (κ3) is 8.31. The first-order valence-electron chi connectivity index (χ1n) is 19.3. The predicted molar refractivity (Wildman–Crippen MR) is 203 cm³/mol. The summed E-state index contributed by atoms with van der Waals surface area (Å²) >= 11 is 0. The van der Waals surface area contributed by atoms with Crippen molar-refractivity contribution in [2.75, 3.05) is 49.1 Å². The number of fused-ring (bicyclic) bond motifs is 2. The lowest BCUT2D eigenvalue weighted by molar-refractivity contribution is -0.124. The van der Waals surface area contributed by atoms with Gasteiger partial charge in [-0.25, -0.2) is 0 Å². The van der Waals surface area contributed by atoms with Crippen LogP contribution in [0.2, 0.25) is 0 Å². The molecule has 9 rings (SSSR count). The van der Waals surface area contributed by atoms with Crippen LogP contribution in [-0.2, 0) is 16.1 Å². The van der Waals surface area contributed by atoms with Crippen LogP contribution in [0.5, 0.6) is 0 Å². The summed E-state index contributed by atoms with van der Waals surface area (Å²) in [5.74, 6) is 0.183. The minimum atomic E-state index is -0.225. The van der Waals surface area contributed by atoms with Crippen molar-refractivity contribution in [3.05, 3.63) is 78.6 Å². The molecule has 4 saturated heterocycles. The molecule has 0 saturated carbocycles. The third-order valence-electron chi connectivity index (χ3n) is 10.8. The number of oxazole rings is 2. The lowest BCUT2D eigenvalue weighted by atomic mass is 10.0. The monoisotopic (exact) mass is 719 g/mol. The van der Waals surface area contributed by atoms with Crippen molar-refractivity contribution in [2.45, 2.75) is 82.1 Å². The molecule has 0 radical (unpaired) electrons. The number of hydrogen-bond donors (Lipinski definition) is 3. The molecule has 13 nitrogen and oxygen atoms in total. The van der Waals surface area contributed by atoms with E-state index in [4.69, 9.17) is 8.83 Å². The number of anilines is 2. The number of carbonyl (C=O) groups excluding carboxylic acids is 2. The van der Waals surface area contributed by atoms with Crippen LogP contribution in [0.4, 0.5) is 12.0 Å². The van der Waals surface area contributed by atoms with Gasteiger partial charge in [-0.2, -0.15) is 9.97 Å². The number of carbonyl (C=O) groups is 2. The van der Waals surface area contributed by atoms with Gasteiger partial charge in [0.25, 0.3) is 12.0 Å². The Morgan fingerprint density at radius 1 is 0.698 bits per heavy atom. The van der Waals surface area contributed by atoms with Crippen molar-refractivity contribution in [2.24, 2.45) is 0 Å². The van der Waals surface area contributed by atoms with Gasteiger partial charge >= 0.3 is 0 Å². The normalized spacial score (nSPS) is 23.5. The van der Waals surface area contributed by atoms with Crippen LogP contribution < -0.4 is 25.8 Å². The highest BCUT2D eigenvalue weighted by molar-refractivity contribution is 5.86. The average molecular weight is 720 g/mol. The highest BCUT2D eigenvalue weighted by atomic mass is 16.4. The van der Waals surface area contributed by atoms with E-state index in [1.165, 1.54) is 0 Å². The molecule has 4 aliphatic heterocycles. The summed E-state index contributed by atoms with van der Waals surface area (Å²) in [7, 11) is 0. The summed E-state index contributed by atoms with van der Waals surface area (Å²) < 4.78 is 11.8. The second-order valence-electron chi connectivity index (χ2n) is 14.6. The van der Waals surface area contributed by atoms with Gasteiger partial charge in [0.15, 0.2) is 11.2 Å². The number of benzene rings is 2. The third-order valence-corrected chi connectivity index (χ3v) is 10.8. The fourth-order valence-corrected chi connectivity index (χ4v) is 8.02. The maximum Gasteiger partial charge on any atom is 0.299 e. The standard InChI is InChI=1S/C23H27N5O2.C17H22N4O2/c29-22(25-18-11-14-27(16-18)15-17-7-3-5-12-24-17)20-9-4-6-13-28(20)23-26-19-8-1-2-10-21(19)30-23;22-16(19-12-8-9-18-11-12)14-6-3-4-10-21(14)17-20-13-5-1-2-7-15(13)23-17/h1-3,5,7-8,10,12,18,20H,4,6,9,11,13-16H2,(H,25,29);1-2,5,7,12,14,18H,3-4,6,8-11H2,(H,19,22)/t18-,20-;12-,14-/m00/s1. The van der Waals surface area contributed by atoms with Crippen molar-refractivity contribution in [3.63, 3.8) is 0 Å². The van der Waals surface area contributed by atoms with Gasteiger partial charge < -0.3 is 34.6 Å². The Balaban J connectivity index is 0.000000156. The van der Waals surface area contributed by atoms with Crippen LogP contribution >= 0.6 is 0 Å². The van der Waals surface area contributed by atoms with E-state index in [9.17, 15) is 9.59 Å². The van der Waals surface area contributed by atoms with Gasteiger partial charge in [0.05, 0.1) is 5.69 Å². The number of nitrogens with zero attached hydrogens (tertiary/aromatic N) is 6. The number of hydrogen-bond acceptors (Lipinski definition) is 11. The van der Waals surface area contributed by atoms with E-state index in [1.807, 2.05) is 82.7 Å². The number of amides is 2. The molecule has 3 N–H and O–H groups in total. The summed E-state index contributed by atoms with van der Waals surface area (Å²) in [6, 6.07) is 22.6. The number of rotatable bonds is 8. The fourth-order valence-electron chi connectivity index (χ4n) is 8.02. The molecule has 278 valence electrons. The average Bonchev–Trinajstić information content (AvgIpc) is 4.03. The van der Waals surface area contributed by atoms with Crippen molar-refractivity contribution >= 4 is 46.0 Å². The lowest BCUT2D eigenvalue weighted by Gasteiger charge is -2.34. The van der Waals surface area contributed by atoms with Gasteiger partial charge in [0.1, 0.15) is 23.1 Å². The molecule has 0 bridgehead atoms. The Labute approximate surface area is 309 Å². The molecule has 0 unspecified atom stereocenters. The van der Waals surface area contributed by atoms with E-state index in [0.29, 0.717) is 12.0 Å². The Morgan fingerprint density at radius 2 is 1.30 bits per heavy atom. The zero-order chi connectivity index (χ0) is 36.0. The topological polar surface area (TPSA) is 145 Å². The molecule has 4 aliphatic rings. The first kappa shape index (κ1) is 35.0. The van der Waals surface area contributed by atoms with Gasteiger partial charge in [-0.3, -0.25) is 19.5 Å². The van der Waals surface area contributed by atoms with E-state index < -0.39 is 0 Å². The molecule has 2 aromatic carbocycles. The molecular weight excluding hydrogens is 670 g/mol. The van der Waals surface area contributed by atoms with Gasteiger partial charge in [-0.15, -0.1) is 0 Å². The summed E-state index contributed by atoms with van der Waals surface area (Å²) in [6.45, 7) is 6.10. The highest BCUT2D eigenvalue weighted by Crippen LogP contribution is 2.29. The molecule has 0 spiro atoms. The quantitative estimate of drug-likeness (QED) is 0.206. The molecule has 7 heterocycles. The van der Waals surface area contributed by atoms with Gasteiger partial charge in [0.2, 0.25) is 11.8 Å². The van der Waals surface area contributed by atoms with Crippen molar-refractivity contribution in [1.29, 1.82) is 0 Å². The highest BCUT2D eigenvalue weighted by Gasteiger charge is 2.35. The minimum absolute atomic E-state index is 0.0849. The van der Waals surface area contributed by atoms with Crippen molar-refractivity contribution < 1.29 is 18.4 Å². The number of pyridine rings is 1. The molecule has 0 aliphatic carbocycles. The van der Waals surface area contributed by atoms with E-state index in [2.05, 4.69) is 35.8 Å². The second-order valence-corrected chi connectivity index (χ2v) is 14.6. The van der Waals surface area contributed by atoms with E-state index in [0.717, 1.165) is 125 Å². The molecule has 4 atom stereocenters. The first-order valence-corrected chi connectivity index (χ1v) is 19.3. The zero-order valence-corrected chi connectivity index (χ0v) is 30.2. The maximum absolute atomic E-state index is 13.2. The Morgan fingerprint density at radius 3 is 1.87 bits per heavy atom. The van der Waals surface area contributed by atoms with Crippen LogP contribution in [0, 0.1) is 0 Å². The lowest BCUT2D eigenvalue weighted by Crippen LogP contribution is -2.52. The SMILES string of the molecule is O=C(N[C@H]1CCN(Cc2ccccn2)C1)[C@@H]1CCCCN1c1nc2ccccc2o1.O=C(N[C@H]1CCNC1)[C@@H]1CCCCN1c1nc2ccccc2o1. The van der Waals surface area contributed by atoms with Crippen LogP contribution in [0.3, 0.4) is 0 Å². The van der Waals surface area contributed by atoms with E-state index >= 15 is 0 Å². The van der Waals surface area contributed by atoms with Gasteiger partial charge in [-0.05, 0) is 94.3 Å². The van der Waals surface area contributed by atoms with Crippen molar-refractivity contribution in [3.8, 4) is 0 Å². The molecule has 4 fully saturated rings. The van der Waals surface area contributed by atoms with E-state index in [1.54, 1.807) is 0 Å². The number of aromatic nitrogens is 3. The Hall–Kier alpha value is -5.01. The van der Waals surface area contributed by atoms with E-state index in [-0.39, 0.29) is 36.0 Å². The molecule has 53 heavy (non-hydrogen) atoms. The van der Waals surface area contributed by atoms with Crippen LogP contribution in [-0.4, -0.2) is 95.1 Å². The van der Waals surface area contributed by atoms with Crippen LogP contribution in [0.25, 0.3) is 22.2 Å². The maximum atomic E-state index is 13.2. The summed E-state index contributed by atoms with van der Waals surface area (Å²) in [4.78, 5) is 45.9. The van der Waals surface area contributed by atoms with Crippen molar-refractivity contribution in [1.82, 2.24) is 35.8 Å². The number of likely N-dealkylation sites (tertiary alicyclic amines) is 1. The first-order chi connectivity index (χ1) is 26.1. The Bertz CT molecular complexity index is 1910. The number of piperidine rings is 2. The summed E-state index contributed by atoms with van der Waals surface area (Å²) in [5.41, 5.74) is 4.27. The molecule has 5 aromatic rings. The molecular formula is C40H49N9O4. The van der Waals surface area contributed by atoms with Gasteiger partial charge in [-0.1, -0.05) is 30.3 Å².